The van der Waals surface area contributed by atoms with Crippen LogP contribution in [-0.2, 0) is 6.42 Å². The summed E-state index contributed by atoms with van der Waals surface area (Å²) in [4.78, 5) is 24.2. The number of hydrogen-bond acceptors (Lipinski definition) is 2. The van der Waals surface area contributed by atoms with Gasteiger partial charge in [-0.2, -0.15) is 0 Å². The standard InChI is InChI=1S/C13H8BrF2NO3/c14-7-2-1-6(10(15)4-7)3-8-9(13(19)20)5-17-12(18)11(8)16/h1-2,4-5H,3H2,(H,17,18)(H,19,20). The molecule has 0 amide bonds. The van der Waals surface area contributed by atoms with Crippen LogP contribution in [0.1, 0.15) is 21.5 Å². The van der Waals surface area contributed by atoms with Crippen molar-refractivity contribution in [1.82, 2.24) is 4.98 Å². The van der Waals surface area contributed by atoms with Crippen LogP contribution in [0.2, 0.25) is 0 Å². The Bertz CT molecular complexity index is 743. The molecule has 20 heavy (non-hydrogen) atoms. The lowest BCUT2D eigenvalue weighted by Gasteiger charge is -2.08. The summed E-state index contributed by atoms with van der Waals surface area (Å²) < 4.78 is 28.0. The summed E-state index contributed by atoms with van der Waals surface area (Å²) in [6, 6.07) is 4.12. The highest BCUT2D eigenvalue weighted by Crippen LogP contribution is 2.20. The minimum absolute atomic E-state index is 0.0974. The van der Waals surface area contributed by atoms with Crippen LogP contribution in [0, 0.1) is 11.6 Å². The number of rotatable bonds is 3. The van der Waals surface area contributed by atoms with E-state index >= 15 is 0 Å². The molecule has 7 heteroatoms. The van der Waals surface area contributed by atoms with Gasteiger partial charge in [-0.05, 0) is 17.7 Å². The van der Waals surface area contributed by atoms with E-state index in [0.717, 1.165) is 6.20 Å². The highest BCUT2D eigenvalue weighted by molar-refractivity contribution is 9.10. The Morgan fingerprint density at radius 2 is 2.05 bits per heavy atom. The van der Waals surface area contributed by atoms with Crippen molar-refractivity contribution < 1.29 is 18.7 Å². The fourth-order valence-electron chi connectivity index (χ4n) is 1.76. The smallest absolute Gasteiger partial charge is 0.337 e. The fraction of sp³-hybridized carbons (Fsp3) is 0.0769. The van der Waals surface area contributed by atoms with Crippen LogP contribution in [-0.4, -0.2) is 16.1 Å². The summed E-state index contributed by atoms with van der Waals surface area (Å²) in [6.07, 6.45) is 0.580. The molecular formula is C13H8BrF2NO3. The molecule has 1 aromatic carbocycles. The van der Waals surface area contributed by atoms with E-state index in [2.05, 4.69) is 15.9 Å². The number of benzene rings is 1. The first-order valence-electron chi connectivity index (χ1n) is 5.47. The van der Waals surface area contributed by atoms with E-state index < -0.39 is 28.7 Å². The Kier molecular flexibility index (Phi) is 3.99. The van der Waals surface area contributed by atoms with Crippen molar-refractivity contribution in [3.05, 3.63) is 67.5 Å². The third-order valence-electron chi connectivity index (χ3n) is 2.75. The first-order chi connectivity index (χ1) is 9.40. The Hall–Kier alpha value is -2.02. The van der Waals surface area contributed by atoms with E-state index in [1.54, 1.807) is 6.07 Å². The van der Waals surface area contributed by atoms with Gasteiger partial charge in [0.2, 0.25) is 0 Å². The summed E-state index contributed by atoms with van der Waals surface area (Å²) >= 11 is 3.08. The number of aromatic amines is 1. The quantitative estimate of drug-likeness (QED) is 0.900. The maximum Gasteiger partial charge on any atom is 0.337 e. The largest absolute Gasteiger partial charge is 0.478 e. The van der Waals surface area contributed by atoms with Gasteiger partial charge >= 0.3 is 5.97 Å². The molecule has 4 nitrogen and oxygen atoms in total. The Labute approximate surface area is 120 Å². The number of carboxylic acids is 1. The zero-order valence-corrected chi connectivity index (χ0v) is 11.5. The van der Waals surface area contributed by atoms with E-state index in [0.29, 0.717) is 4.47 Å². The van der Waals surface area contributed by atoms with Crippen molar-refractivity contribution in [2.75, 3.05) is 0 Å². The number of pyridine rings is 1. The third kappa shape index (κ3) is 2.77. The molecule has 104 valence electrons. The van der Waals surface area contributed by atoms with Crippen molar-refractivity contribution in [2.24, 2.45) is 0 Å². The lowest BCUT2D eigenvalue weighted by atomic mass is 10.0. The number of nitrogens with one attached hydrogen (secondary N) is 1. The van der Waals surface area contributed by atoms with Crippen molar-refractivity contribution in [3.8, 4) is 0 Å². The second-order valence-electron chi connectivity index (χ2n) is 4.04. The molecule has 1 heterocycles. The Morgan fingerprint density at radius 1 is 1.35 bits per heavy atom. The van der Waals surface area contributed by atoms with E-state index in [4.69, 9.17) is 5.11 Å². The molecule has 0 spiro atoms. The second-order valence-corrected chi connectivity index (χ2v) is 4.96. The van der Waals surface area contributed by atoms with Gasteiger partial charge in [-0.1, -0.05) is 22.0 Å². The number of carboxylic acid groups (broad SMARTS) is 1. The molecule has 0 saturated heterocycles. The van der Waals surface area contributed by atoms with E-state index in [1.807, 2.05) is 4.98 Å². The molecule has 0 unspecified atom stereocenters. The molecule has 2 aromatic rings. The summed E-state index contributed by atoms with van der Waals surface area (Å²) in [5.74, 6) is -3.23. The number of H-pyrrole nitrogens is 1. The zero-order chi connectivity index (χ0) is 14.9. The molecule has 2 rings (SSSR count). The highest BCUT2D eigenvalue weighted by Gasteiger charge is 2.19. The maximum atomic E-state index is 13.8. The highest BCUT2D eigenvalue weighted by atomic mass is 79.9. The molecular weight excluding hydrogens is 336 g/mol. The van der Waals surface area contributed by atoms with Crippen LogP contribution in [0.3, 0.4) is 0 Å². The topological polar surface area (TPSA) is 70.2 Å². The van der Waals surface area contributed by atoms with Gasteiger partial charge in [0, 0.05) is 22.7 Å². The lowest BCUT2D eigenvalue weighted by Crippen LogP contribution is -2.18. The minimum atomic E-state index is -1.40. The van der Waals surface area contributed by atoms with Gasteiger partial charge < -0.3 is 10.1 Å². The summed E-state index contributed by atoms with van der Waals surface area (Å²) in [6.45, 7) is 0. The van der Waals surface area contributed by atoms with Crippen LogP contribution in [0.15, 0.2) is 33.7 Å². The predicted molar refractivity (Wildman–Crippen MR) is 70.9 cm³/mol. The van der Waals surface area contributed by atoms with Gasteiger partial charge in [-0.3, -0.25) is 4.79 Å². The third-order valence-corrected chi connectivity index (χ3v) is 3.24. The summed E-state index contributed by atoms with van der Waals surface area (Å²) in [7, 11) is 0. The zero-order valence-electron chi connectivity index (χ0n) is 9.91. The molecule has 0 aliphatic rings. The van der Waals surface area contributed by atoms with Crippen LogP contribution < -0.4 is 5.56 Å². The Balaban J connectivity index is 2.55. The molecule has 0 saturated carbocycles. The maximum absolute atomic E-state index is 13.8. The number of carbonyl (C=O) groups is 1. The van der Waals surface area contributed by atoms with Crippen molar-refractivity contribution >= 4 is 21.9 Å². The predicted octanol–water partition coefficient (Wildman–Crippen LogP) is 2.70. The van der Waals surface area contributed by atoms with Gasteiger partial charge in [0.1, 0.15) is 5.82 Å². The fourth-order valence-corrected chi connectivity index (χ4v) is 2.10. The number of halogens is 3. The van der Waals surface area contributed by atoms with Gasteiger partial charge in [0.25, 0.3) is 5.56 Å². The molecule has 0 bridgehead atoms. The first kappa shape index (κ1) is 14.4. The van der Waals surface area contributed by atoms with Gasteiger partial charge in [0.05, 0.1) is 5.56 Å². The number of aromatic nitrogens is 1. The van der Waals surface area contributed by atoms with Crippen molar-refractivity contribution in [3.63, 3.8) is 0 Å². The van der Waals surface area contributed by atoms with Gasteiger partial charge in [0.15, 0.2) is 5.82 Å². The lowest BCUT2D eigenvalue weighted by molar-refractivity contribution is 0.0694. The molecule has 0 atom stereocenters. The van der Waals surface area contributed by atoms with Crippen molar-refractivity contribution in [1.29, 1.82) is 0 Å². The molecule has 0 aliphatic heterocycles. The second kappa shape index (κ2) is 5.54. The number of aromatic carboxylic acids is 1. The van der Waals surface area contributed by atoms with Gasteiger partial charge in [-0.15, -0.1) is 0 Å². The molecule has 0 radical (unpaired) electrons. The first-order valence-corrected chi connectivity index (χ1v) is 6.26. The van der Waals surface area contributed by atoms with Crippen molar-refractivity contribution in [2.45, 2.75) is 6.42 Å². The average molecular weight is 344 g/mol. The van der Waals surface area contributed by atoms with Gasteiger partial charge in [-0.25, -0.2) is 13.6 Å². The van der Waals surface area contributed by atoms with E-state index in [-0.39, 0.29) is 17.5 Å². The molecule has 0 fully saturated rings. The summed E-state index contributed by atoms with van der Waals surface area (Å²) in [5.41, 5.74) is -1.69. The van der Waals surface area contributed by atoms with E-state index in [9.17, 15) is 18.4 Å². The summed E-state index contributed by atoms with van der Waals surface area (Å²) in [5, 5.41) is 8.98. The van der Waals surface area contributed by atoms with Crippen LogP contribution >= 0.6 is 15.9 Å². The average Bonchev–Trinajstić information content (AvgIpc) is 2.37. The molecule has 0 aliphatic carbocycles. The van der Waals surface area contributed by atoms with Crippen LogP contribution in [0.4, 0.5) is 8.78 Å². The normalized spacial score (nSPS) is 10.6. The SMILES string of the molecule is O=C(O)c1c[nH]c(=O)c(F)c1Cc1ccc(Br)cc1F. The minimum Gasteiger partial charge on any atom is -0.478 e. The monoisotopic (exact) mass is 343 g/mol. The molecule has 2 N–H and O–H groups in total. The Morgan fingerprint density at radius 3 is 2.65 bits per heavy atom. The van der Waals surface area contributed by atoms with Crippen LogP contribution in [0.5, 0.6) is 0 Å². The van der Waals surface area contributed by atoms with Crippen LogP contribution in [0.25, 0.3) is 0 Å². The number of hydrogen-bond donors (Lipinski definition) is 2. The van der Waals surface area contributed by atoms with E-state index in [1.165, 1.54) is 12.1 Å². The molecule has 1 aromatic heterocycles.